The standard InChI is InChI=1S/C35H32Cl2N6O4/c36-26-12-15-29(30(37)20-26)32-35(21-25-8-3-4-9-31(25)41-43-38,34(45)42-40-27-18-23-6-1-2-7-24(23)19-27)39-33(47-32)22-10-13-28(14-11-22)46-17-5-16-44/h1-4,6-15,20,27,32,40,44H,5,16-19,21H2,(H,42,45)/t32-,35-/m0/s1. The number of carbonyl (C=O) groups is 1. The lowest BCUT2D eigenvalue weighted by molar-refractivity contribution is -0.130. The molecule has 0 unspecified atom stereocenters. The summed E-state index contributed by atoms with van der Waals surface area (Å²) in [5.74, 6) is 0.402. The van der Waals surface area contributed by atoms with Gasteiger partial charge in [-0.1, -0.05) is 82.9 Å². The van der Waals surface area contributed by atoms with Gasteiger partial charge in [0.15, 0.2) is 11.6 Å². The number of halogens is 2. The van der Waals surface area contributed by atoms with Gasteiger partial charge in [0, 0.05) is 57.3 Å². The molecule has 2 aliphatic rings. The third kappa shape index (κ3) is 7.07. The minimum Gasteiger partial charge on any atom is -0.494 e. The molecule has 47 heavy (non-hydrogen) atoms. The number of nitrogens with zero attached hydrogens (tertiary/aromatic N) is 4. The summed E-state index contributed by atoms with van der Waals surface area (Å²) in [6, 6.07) is 27.4. The van der Waals surface area contributed by atoms with Crippen molar-refractivity contribution in [3.8, 4) is 5.75 Å². The molecule has 4 aromatic carbocycles. The van der Waals surface area contributed by atoms with Gasteiger partial charge >= 0.3 is 0 Å². The number of rotatable bonds is 12. The molecule has 0 spiro atoms. The van der Waals surface area contributed by atoms with Crippen LogP contribution in [0.2, 0.25) is 10.0 Å². The molecule has 0 bridgehead atoms. The van der Waals surface area contributed by atoms with E-state index < -0.39 is 17.6 Å². The van der Waals surface area contributed by atoms with E-state index in [1.807, 2.05) is 18.2 Å². The van der Waals surface area contributed by atoms with E-state index in [-0.39, 0.29) is 25.0 Å². The molecule has 1 amide bonds. The summed E-state index contributed by atoms with van der Waals surface area (Å²) < 4.78 is 12.3. The van der Waals surface area contributed by atoms with Gasteiger partial charge in [0.25, 0.3) is 5.91 Å². The lowest BCUT2D eigenvalue weighted by atomic mass is 9.81. The van der Waals surface area contributed by atoms with E-state index in [0.717, 1.165) is 12.8 Å². The zero-order valence-electron chi connectivity index (χ0n) is 25.3. The first-order chi connectivity index (χ1) is 22.9. The second-order valence-electron chi connectivity index (χ2n) is 11.4. The Morgan fingerprint density at radius 1 is 1.04 bits per heavy atom. The smallest absolute Gasteiger partial charge is 0.266 e. The Hall–Kier alpha value is -4.57. The Kier molecular flexibility index (Phi) is 9.96. The summed E-state index contributed by atoms with van der Waals surface area (Å²) in [6.45, 7) is 0.407. The number of amides is 1. The van der Waals surface area contributed by atoms with Crippen molar-refractivity contribution in [1.82, 2.24) is 10.9 Å². The number of hydrazine groups is 1. The van der Waals surface area contributed by atoms with Gasteiger partial charge in [-0.25, -0.2) is 10.4 Å². The number of aliphatic hydroxyl groups is 1. The Morgan fingerprint density at radius 2 is 1.77 bits per heavy atom. The van der Waals surface area contributed by atoms with E-state index in [1.165, 1.54) is 11.1 Å². The second-order valence-corrected chi connectivity index (χ2v) is 12.3. The molecule has 12 heteroatoms. The average Bonchev–Trinajstić information content (AvgIpc) is 3.67. The summed E-state index contributed by atoms with van der Waals surface area (Å²) in [5.41, 5.74) is 18.5. The van der Waals surface area contributed by atoms with Crippen LogP contribution in [0.15, 0.2) is 101 Å². The molecule has 0 fully saturated rings. The zero-order chi connectivity index (χ0) is 32.8. The Labute approximate surface area is 281 Å². The largest absolute Gasteiger partial charge is 0.494 e. The van der Waals surface area contributed by atoms with Crippen molar-refractivity contribution in [3.05, 3.63) is 139 Å². The van der Waals surface area contributed by atoms with Crippen LogP contribution in [-0.4, -0.2) is 41.7 Å². The lowest BCUT2D eigenvalue weighted by Gasteiger charge is -2.32. The fourth-order valence-electron chi connectivity index (χ4n) is 6.01. The van der Waals surface area contributed by atoms with Gasteiger partial charge in [-0.3, -0.25) is 10.2 Å². The summed E-state index contributed by atoms with van der Waals surface area (Å²) in [7, 11) is 0. The van der Waals surface area contributed by atoms with Crippen LogP contribution in [0.3, 0.4) is 0 Å². The van der Waals surface area contributed by atoms with Crippen LogP contribution in [0.1, 0.15) is 40.3 Å². The molecule has 10 nitrogen and oxygen atoms in total. The molecule has 0 radical (unpaired) electrons. The van der Waals surface area contributed by atoms with Gasteiger partial charge in [-0.2, -0.15) is 0 Å². The molecule has 0 saturated carbocycles. The summed E-state index contributed by atoms with van der Waals surface area (Å²) in [5, 5.41) is 13.7. The molecule has 1 aliphatic carbocycles. The molecular formula is C35H32Cl2N6O4. The van der Waals surface area contributed by atoms with Crippen LogP contribution >= 0.6 is 23.2 Å². The third-order valence-corrected chi connectivity index (χ3v) is 8.88. The fourth-order valence-corrected chi connectivity index (χ4v) is 6.51. The van der Waals surface area contributed by atoms with Crippen molar-refractivity contribution in [2.24, 2.45) is 10.1 Å². The number of nitrogens with one attached hydrogen (secondary N) is 2. The maximum absolute atomic E-state index is 14.6. The predicted molar refractivity (Wildman–Crippen MR) is 181 cm³/mol. The molecule has 240 valence electrons. The highest BCUT2D eigenvalue weighted by atomic mass is 35.5. The summed E-state index contributed by atoms with van der Waals surface area (Å²) in [4.78, 5) is 22.7. The first kappa shape index (κ1) is 32.4. The number of hydrogen-bond donors (Lipinski definition) is 3. The monoisotopic (exact) mass is 670 g/mol. The average molecular weight is 672 g/mol. The number of fused-ring (bicyclic) bond motifs is 1. The van der Waals surface area contributed by atoms with E-state index in [1.54, 1.807) is 60.7 Å². The number of carbonyl (C=O) groups excluding carboxylic acids is 1. The van der Waals surface area contributed by atoms with Crippen LogP contribution in [0.25, 0.3) is 10.4 Å². The van der Waals surface area contributed by atoms with Crippen molar-refractivity contribution in [2.75, 3.05) is 13.2 Å². The van der Waals surface area contributed by atoms with Gasteiger partial charge in [-0.15, -0.1) is 0 Å². The van der Waals surface area contributed by atoms with E-state index in [9.17, 15) is 10.3 Å². The van der Waals surface area contributed by atoms with Crippen molar-refractivity contribution in [1.29, 1.82) is 0 Å². The van der Waals surface area contributed by atoms with E-state index in [0.29, 0.717) is 51.2 Å². The number of aliphatic hydroxyl groups excluding tert-OH is 1. The van der Waals surface area contributed by atoms with Crippen LogP contribution in [0.4, 0.5) is 5.69 Å². The van der Waals surface area contributed by atoms with Gasteiger partial charge in [0.1, 0.15) is 5.75 Å². The maximum atomic E-state index is 14.6. The number of aliphatic imine (C=N–C) groups is 1. The van der Waals surface area contributed by atoms with Crippen LogP contribution in [-0.2, 0) is 28.8 Å². The van der Waals surface area contributed by atoms with Gasteiger partial charge in [0.05, 0.1) is 6.61 Å². The molecule has 1 aliphatic heterocycles. The quantitative estimate of drug-likeness (QED) is 0.0490. The maximum Gasteiger partial charge on any atom is 0.266 e. The first-order valence-electron chi connectivity index (χ1n) is 15.2. The molecule has 0 saturated heterocycles. The first-order valence-corrected chi connectivity index (χ1v) is 16.0. The van der Waals surface area contributed by atoms with Crippen LogP contribution in [0, 0.1) is 0 Å². The van der Waals surface area contributed by atoms with Crippen molar-refractivity contribution < 1.29 is 19.4 Å². The van der Waals surface area contributed by atoms with E-state index >= 15 is 0 Å². The van der Waals surface area contributed by atoms with E-state index in [4.69, 9.17) is 42.8 Å². The van der Waals surface area contributed by atoms with Crippen molar-refractivity contribution >= 4 is 40.7 Å². The van der Waals surface area contributed by atoms with Crippen molar-refractivity contribution in [2.45, 2.75) is 43.4 Å². The summed E-state index contributed by atoms with van der Waals surface area (Å²) >= 11 is 13.0. The normalized spacial score (nSPS) is 18.5. The lowest BCUT2D eigenvalue weighted by Crippen LogP contribution is -2.56. The molecule has 2 atom stereocenters. The third-order valence-electron chi connectivity index (χ3n) is 8.32. The predicted octanol–water partition coefficient (Wildman–Crippen LogP) is 6.98. The molecule has 1 heterocycles. The van der Waals surface area contributed by atoms with E-state index in [2.05, 4.69) is 33.0 Å². The van der Waals surface area contributed by atoms with Crippen LogP contribution in [0.5, 0.6) is 5.75 Å². The SMILES string of the molecule is [N-]=[N+]=Nc1ccccc1C[C@]1(C(=O)NNC2Cc3ccccc3C2)N=C(c2ccc(OCCCO)cc2)O[C@H]1c1ccc(Cl)cc1Cl. The number of azide groups is 1. The molecule has 4 aromatic rings. The number of hydrogen-bond acceptors (Lipinski definition) is 7. The second kappa shape index (κ2) is 14.5. The van der Waals surface area contributed by atoms with Crippen LogP contribution < -0.4 is 15.6 Å². The molecule has 0 aromatic heterocycles. The Balaban J connectivity index is 1.41. The summed E-state index contributed by atoms with van der Waals surface area (Å²) in [6.07, 6.45) is 1.07. The zero-order valence-corrected chi connectivity index (χ0v) is 26.8. The Bertz CT molecular complexity index is 1820. The topological polar surface area (TPSA) is 141 Å². The fraction of sp³-hybridized carbons (Fsp3) is 0.257. The van der Waals surface area contributed by atoms with Gasteiger partial charge in [-0.05, 0) is 71.5 Å². The number of benzene rings is 4. The molecular weight excluding hydrogens is 639 g/mol. The molecule has 6 rings (SSSR count). The number of ether oxygens (including phenoxy) is 2. The van der Waals surface area contributed by atoms with Gasteiger partial charge in [0.2, 0.25) is 5.90 Å². The molecule has 3 N–H and O–H groups in total. The minimum absolute atomic E-state index is 0.0226. The highest BCUT2D eigenvalue weighted by Crippen LogP contribution is 2.46. The van der Waals surface area contributed by atoms with Crippen molar-refractivity contribution in [3.63, 3.8) is 0 Å². The minimum atomic E-state index is -1.59. The Morgan fingerprint density at radius 3 is 2.47 bits per heavy atom. The highest BCUT2D eigenvalue weighted by Gasteiger charge is 2.54. The van der Waals surface area contributed by atoms with Gasteiger partial charge < -0.3 is 14.6 Å². The highest BCUT2D eigenvalue weighted by molar-refractivity contribution is 6.35.